The molecule has 1 aromatic rings. The molecule has 0 N–H and O–H groups in total. The van der Waals surface area contributed by atoms with Crippen molar-refractivity contribution in [2.45, 2.75) is 148 Å². The van der Waals surface area contributed by atoms with E-state index < -0.39 is 13.3 Å². The van der Waals surface area contributed by atoms with Crippen LogP contribution in [0.25, 0.3) is 0 Å². The Hall–Kier alpha value is -0.850. The van der Waals surface area contributed by atoms with Crippen LogP contribution in [0, 0.1) is 0 Å². The first-order valence-corrected chi connectivity index (χ1v) is 18.5. The first kappa shape index (κ1) is 37.2. The molecule has 3 atom stereocenters. The second-order valence-corrected chi connectivity index (χ2v) is 13.9. The fraction of sp³-hybridized carbons (Fsp3) is 0.781. The van der Waals surface area contributed by atoms with Crippen molar-refractivity contribution in [2.75, 3.05) is 12.4 Å². The van der Waals surface area contributed by atoms with Crippen molar-refractivity contribution < 1.29 is 28.2 Å². The minimum atomic E-state index is -4.15. The van der Waals surface area contributed by atoms with Crippen LogP contribution in [-0.4, -0.2) is 29.4 Å². The maximum Gasteiger partial charge on any atom is 0.452 e. The highest BCUT2D eigenvalue weighted by Gasteiger charge is 2.39. The van der Waals surface area contributed by atoms with Crippen LogP contribution >= 0.6 is 19.4 Å². The van der Waals surface area contributed by atoms with E-state index in [0.29, 0.717) is 6.42 Å². The van der Waals surface area contributed by atoms with Crippen LogP contribution in [-0.2, 0) is 30.0 Å². The standard InChI is InChI=1S/C32H57O6PS/c1-5-8-10-12-13-14-15-17-22-27-40-31(25-21-16-11-9-6-2)29(4)37-38-32(33)39(34,35-26-7-3)36-28-30-23-19-18-20-24-30/h18-20,23-24,29,31H,5-17,21-22,25-28H2,1-4H3. The van der Waals surface area contributed by atoms with Gasteiger partial charge in [0.25, 0.3) is 0 Å². The zero-order valence-electron chi connectivity index (χ0n) is 25.8. The number of benzene rings is 1. The monoisotopic (exact) mass is 600 g/mol. The van der Waals surface area contributed by atoms with E-state index in [1.165, 1.54) is 83.5 Å². The number of rotatable bonds is 27. The molecule has 232 valence electrons. The quantitative estimate of drug-likeness (QED) is 0.0430. The maximum atomic E-state index is 13.3. The van der Waals surface area contributed by atoms with E-state index in [4.69, 9.17) is 18.8 Å². The largest absolute Gasteiger partial charge is 0.452 e. The summed E-state index contributed by atoms with van der Waals surface area (Å²) in [6, 6.07) is 9.27. The molecule has 0 fully saturated rings. The number of hydrogen-bond acceptors (Lipinski definition) is 7. The van der Waals surface area contributed by atoms with Gasteiger partial charge in [0.15, 0.2) is 0 Å². The SMILES string of the molecule is CCCCCCCCCCCSC(CCCCCCC)C(C)OOC(=O)P(=O)(OCCC)OCc1ccccc1. The van der Waals surface area contributed by atoms with Crippen LogP contribution in [0.15, 0.2) is 30.3 Å². The molecule has 3 unspecified atom stereocenters. The highest BCUT2D eigenvalue weighted by molar-refractivity contribution is 7.99. The zero-order valence-corrected chi connectivity index (χ0v) is 27.5. The molecule has 0 bridgehead atoms. The molecule has 0 heterocycles. The van der Waals surface area contributed by atoms with Crippen LogP contribution in [0.2, 0.25) is 0 Å². The molecule has 0 aliphatic heterocycles. The van der Waals surface area contributed by atoms with E-state index >= 15 is 0 Å². The second-order valence-electron chi connectivity index (χ2n) is 10.7. The van der Waals surface area contributed by atoms with Crippen molar-refractivity contribution in [1.29, 1.82) is 0 Å². The lowest BCUT2D eigenvalue weighted by Crippen LogP contribution is -2.25. The topological polar surface area (TPSA) is 71.1 Å². The van der Waals surface area contributed by atoms with E-state index in [0.717, 1.165) is 24.2 Å². The third-order valence-corrected chi connectivity index (χ3v) is 9.98. The van der Waals surface area contributed by atoms with Crippen molar-refractivity contribution in [1.82, 2.24) is 0 Å². The summed E-state index contributed by atoms with van der Waals surface area (Å²) in [5.41, 5.74) is -0.296. The molecule has 6 nitrogen and oxygen atoms in total. The summed E-state index contributed by atoms with van der Waals surface area (Å²) in [5, 5.41) is 0.199. The average molecular weight is 601 g/mol. The molecule has 1 aromatic carbocycles. The summed E-state index contributed by atoms with van der Waals surface area (Å²) in [7, 11) is -4.15. The summed E-state index contributed by atoms with van der Waals surface area (Å²) in [6.07, 6.45) is 19.1. The number of unbranched alkanes of at least 4 members (excludes halogenated alkanes) is 12. The van der Waals surface area contributed by atoms with Crippen LogP contribution < -0.4 is 0 Å². The van der Waals surface area contributed by atoms with Crippen LogP contribution in [0.5, 0.6) is 0 Å². The molecule has 0 aromatic heterocycles. The number of hydrogen-bond donors (Lipinski definition) is 0. The zero-order chi connectivity index (χ0) is 29.3. The van der Waals surface area contributed by atoms with Crippen LogP contribution in [0.3, 0.4) is 0 Å². The van der Waals surface area contributed by atoms with Gasteiger partial charge < -0.3 is 4.52 Å². The molecule has 1 rings (SSSR count). The van der Waals surface area contributed by atoms with Crippen LogP contribution in [0.4, 0.5) is 4.79 Å². The highest BCUT2D eigenvalue weighted by atomic mass is 32.2. The molecule has 0 saturated heterocycles. The fourth-order valence-corrected chi connectivity index (χ4v) is 6.85. The Morgan fingerprint density at radius 1 is 0.775 bits per heavy atom. The molecule has 0 spiro atoms. The lowest BCUT2D eigenvalue weighted by molar-refractivity contribution is -0.262. The van der Waals surface area contributed by atoms with Gasteiger partial charge in [-0.3, -0.25) is 9.41 Å². The molecule has 0 radical (unpaired) electrons. The summed E-state index contributed by atoms with van der Waals surface area (Å²) >= 11 is 1.90. The molecular weight excluding hydrogens is 543 g/mol. The van der Waals surface area contributed by atoms with Gasteiger partial charge >= 0.3 is 13.3 Å². The van der Waals surface area contributed by atoms with Crippen molar-refractivity contribution in [3.05, 3.63) is 35.9 Å². The van der Waals surface area contributed by atoms with Gasteiger partial charge in [-0.25, -0.2) is 9.36 Å². The lowest BCUT2D eigenvalue weighted by atomic mass is 10.1. The fourth-order valence-electron chi connectivity index (χ4n) is 4.36. The van der Waals surface area contributed by atoms with Crippen molar-refractivity contribution in [3.63, 3.8) is 0 Å². The average Bonchev–Trinajstić information content (AvgIpc) is 2.97. The van der Waals surface area contributed by atoms with Crippen molar-refractivity contribution in [2.24, 2.45) is 0 Å². The van der Waals surface area contributed by atoms with Gasteiger partial charge in [0.2, 0.25) is 0 Å². The highest BCUT2D eigenvalue weighted by Crippen LogP contribution is 2.51. The Labute approximate surface area is 249 Å². The Balaban J connectivity index is 2.56. The minimum Gasteiger partial charge on any atom is -0.301 e. The van der Waals surface area contributed by atoms with E-state index in [1.54, 1.807) is 0 Å². The van der Waals surface area contributed by atoms with Gasteiger partial charge in [0.05, 0.1) is 13.2 Å². The van der Waals surface area contributed by atoms with E-state index in [-0.39, 0.29) is 24.6 Å². The van der Waals surface area contributed by atoms with E-state index in [9.17, 15) is 9.36 Å². The second kappa shape index (κ2) is 24.7. The van der Waals surface area contributed by atoms with E-state index in [2.05, 4.69) is 13.8 Å². The molecule has 0 amide bonds. The molecular formula is C32H57O6PS. The van der Waals surface area contributed by atoms with Crippen molar-refractivity contribution in [3.8, 4) is 0 Å². The molecule has 40 heavy (non-hydrogen) atoms. The Bertz CT molecular complexity index is 778. The molecule has 0 aliphatic carbocycles. The normalized spacial score (nSPS) is 14.5. The van der Waals surface area contributed by atoms with Gasteiger partial charge in [-0.2, -0.15) is 16.6 Å². The number of carbonyl (C=O) groups is 1. The summed E-state index contributed by atoms with van der Waals surface area (Å²) in [4.78, 5) is 23.5. The molecule has 0 aliphatic rings. The van der Waals surface area contributed by atoms with Gasteiger partial charge in [0, 0.05) is 5.25 Å². The van der Waals surface area contributed by atoms with Crippen LogP contribution in [0.1, 0.15) is 136 Å². The van der Waals surface area contributed by atoms with Gasteiger partial charge in [-0.05, 0) is 37.5 Å². The maximum absolute atomic E-state index is 13.3. The molecule has 0 saturated carbocycles. The molecule has 8 heteroatoms. The smallest absolute Gasteiger partial charge is 0.301 e. The first-order valence-electron chi connectivity index (χ1n) is 15.9. The van der Waals surface area contributed by atoms with Crippen molar-refractivity contribution >= 4 is 25.1 Å². The third-order valence-electron chi connectivity index (χ3n) is 6.90. The number of carbonyl (C=O) groups excluding carboxylic acids is 1. The van der Waals surface area contributed by atoms with E-state index in [1.807, 2.05) is 55.9 Å². The Kier molecular flexibility index (Phi) is 23.0. The third kappa shape index (κ3) is 17.9. The summed E-state index contributed by atoms with van der Waals surface area (Å²) < 4.78 is 24.1. The predicted octanol–water partition coefficient (Wildman–Crippen LogP) is 11.3. The summed E-state index contributed by atoms with van der Waals surface area (Å²) in [5.74, 6) is 1.06. The Morgan fingerprint density at radius 3 is 1.95 bits per heavy atom. The predicted molar refractivity (Wildman–Crippen MR) is 169 cm³/mol. The number of thioether (sulfide) groups is 1. The van der Waals surface area contributed by atoms with Gasteiger partial charge in [0.1, 0.15) is 6.10 Å². The van der Waals surface area contributed by atoms with Gasteiger partial charge in [-0.1, -0.05) is 135 Å². The summed E-state index contributed by atoms with van der Waals surface area (Å²) in [6.45, 7) is 8.40. The minimum absolute atomic E-state index is 0.0124. The first-order chi connectivity index (χ1) is 19.5. The lowest BCUT2D eigenvalue weighted by Gasteiger charge is -2.23. The Morgan fingerprint density at radius 2 is 1.35 bits per heavy atom. The van der Waals surface area contributed by atoms with Gasteiger partial charge in [-0.15, -0.1) is 0 Å².